The molecule has 1 fully saturated rings. The zero-order chi connectivity index (χ0) is 14.5. The number of hydrogen-bond acceptors (Lipinski definition) is 3. The molecule has 1 aromatic heterocycles. The number of carbonyl (C=O) groups excluding carboxylic acids is 1. The van der Waals surface area contributed by atoms with Crippen LogP contribution in [0.5, 0.6) is 0 Å². The summed E-state index contributed by atoms with van der Waals surface area (Å²) in [7, 11) is 0. The lowest BCUT2D eigenvalue weighted by Gasteiger charge is -2.32. The molecular formula is C15H24N2O3. The largest absolute Gasteiger partial charge is 0.394 e. The second-order valence-corrected chi connectivity index (χ2v) is 5.48. The Hall–Kier alpha value is -1.33. The first-order chi connectivity index (χ1) is 9.63. The summed E-state index contributed by atoms with van der Waals surface area (Å²) < 4.78 is 7.53. The van der Waals surface area contributed by atoms with E-state index in [-0.39, 0.29) is 24.7 Å². The quantitative estimate of drug-likeness (QED) is 0.893. The molecule has 112 valence electrons. The molecule has 0 aromatic carbocycles. The van der Waals surface area contributed by atoms with E-state index in [1.54, 1.807) is 0 Å². The van der Waals surface area contributed by atoms with Crippen LogP contribution < -0.4 is 0 Å². The van der Waals surface area contributed by atoms with Crippen LogP contribution in [0.15, 0.2) is 18.3 Å². The van der Waals surface area contributed by atoms with Crippen LogP contribution in [0.25, 0.3) is 0 Å². The van der Waals surface area contributed by atoms with Gasteiger partial charge in [-0.3, -0.25) is 4.79 Å². The Labute approximate surface area is 120 Å². The van der Waals surface area contributed by atoms with Crippen molar-refractivity contribution in [3.8, 4) is 0 Å². The summed E-state index contributed by atoms with van der Waals surface area (Å²) in [4.78, 5) is 14.4. The molecular weight excluding hydrogens is 256 g/mol. The summed E-state index contributed by atoms with van der Waals surface area (Å²) >= 11 is 0. The minimum atomic E-state index is 0.0566. The number of nitrogens with zero attached hydrogens (tertiary/aromatic N) is 2. The van der Waals surface area contributed by atoms with Gasteiger partial charge in [0.2, 0.25) is 0 Å². The molecule has 0 saturated carbocycles. The highest BCUT2D eigenvalue weighted by molar-refractivity contribution is 5.92. The van der Waals surface area contributed by atoms with Crippen LogP contribution in [0.1, 0.15) is 43.2 Å². The molecule has 1 aromatic rings. The number of rotatable bonds is 5. The van der Waals surface area contributed by atoms with E-state index in [0.29, 0.717) is 6.61 Å². The number of aliphatic hydroxyl groups is 1. The van der Waals surface area contributed by atoms with Gasteiger partial charge in [-0.15, -0.1) is 0 Å². The molecule has 5 heteroatoms. The van der Waals surface area contributed by atoms with Crippen LogP contribution in [0, 0.1) is 0 Å². The summed E-state index contributed by atoms with van der Waals surface area (Å²) in [6.07, 6.45) is 3.81. The van der Waals surface area contributed by atoms with Crippen LogP contribution in [0.3, 0.4) is 0 Å². The van der Waals surface area contributed by atoms with E-state index in [0.717, 1.165) is 31.6 Å². The lowest BCUT2D eigenvalue weighted by atomic mass is 10.1. The minimum Gasteiger partial charge on any atom is -0.394 e. The third-order valence-electron chi connectivity index (χ3n) is 3.73. The summed E-state index contributed by atoms with van der Waals surface area (Å²) in [5, 5.41) is 8.75. The van der Waals surface area contributed by atoms with Crippen LogP contribution in [-0.4, -0.2) is 52.9 Å². The van der Waals surface area contributed by atoms with Crippen LogP contribution in [0.2, 0.25) is 0 Å². The number of hydrogen-bond donors (Lipinski definition) is 1. The lowest BCUT2D eigenvalue weighted by molar-refractivity contribution is -0.00575. The van der Waals surface area contributed by atoms with Gasteiger partial charge in [0.15, 0.2) is 0 Å². The maximum Gasteiger partial charge on any atom is 0.270 e. The molecule has 2 rings (SSSR count). The molecule has 0 radical (unpaired) electrons. The normalized spacial score (nSPS) is 16.9. The van der Waals surface area contributed by atoms with Gasteiger partial charge >= 0.3 is 0 Å². The Morgan fingerprint density at radius 1 is 1.45 bits per heavy atom. The topological polar surface area (TPSA) is 54.7 Å². The van der Waals surface area contributed by atoms with Crippen molar-refractivity contribution >= 4 is 5.91 Å². The highest BCUT2D eigenvalue weighted by atomic mass is 16.5. The second-order valence-electron chi connectivity index (χ2n) is 5.48. The second kappa shape index (κ2) is 6.90. The number of piperidine rings is 1. The van der Waals surface area contributed by atoms with Gasteiger partial charge in [0.1, 0.15) is 5.69 Å². The van der Waals surface area contributed by atoms with Crippen molar-refractivity contribution in [3.05, 3.63) is 24.0 Å². The van der Waals surface area contributed by atoms with E-state index in [9.17, 15) is 4.79 Å². The average Bonchev–Trinajstić information content (AvgIpc) is 2.94. The van der Waals surface area contributed by atoms with E-state index < -0.39 is 0 Å². The molecule has 0 aliphatic carbocycles. The molecule has 0 atom stereocenters. The number of carbonyl (C=O) groups is 1. The van der Waals surface area contributed by atoms with Crippen molar-refractivity contribution in [2.24, 2.45) is 0 Å². The molecule has 0 unspecified atom stereocenters. The van der Waals surface area contributed by atoms with Crippen LogP contribution >= 0.6 is 0 Å². The fourth-order valence-corrected chi connectivity index (χ4v) is 2.63. The first-order valence-electron chi connectivity index (χ1n) is 7.32. The highest BCUT2D eigenvalue weighted by Crippen LogP contribution is 2.18. The summed E-state index contributed by atoms with van der Waals surface area (Å²) in [5.41, 5.74) is 0.759. The SMILES string of the molecule is CC(C)n1cccc1C(=O)N1CCC(OCCO)CC1. The number of aliphatic hydroxyl groups excluding tert-OH is 1. The predicted molar refractivity (Wildman–Crippen MR) is 76.8 cm³/mol. The third kappa shape index (κ3) is 3.41. The van der Waals surface area contributed by atoms with E-state index in [1.165, 1.54) is 0 Å². The summed E-state index contributed by atoms with van der Waals surface area (Å²) in [6, 6.07) is 4.09. The van der Waals surface area contributed by atoms with Crippen molar-refractivity contribution in [2.75, 3.05) is 26.3 Å². The van der Waals surface area contributed by atoms with Crippen LogP contribution in [-0.2, 0) is 4.74 Å². The number of ether oxygens (including phenoxy) is 1. The van der Waals surface area contributed by atoms with Gasteiger partial charge in [0.05, 0.1) is 19.3 Å². The third-order valence-corrected chi connectivity index (χ3v) is 3.73. The van der Waals surface area contributed by atoms with Crippen molar-refractivity contribution in [1.82, 2.24) is 9.47 Å². The Morgan fingerprint density at radius 3 is 2.75 bits per heavy atom. The Bertz CT molecular complexity index is 434. The molecule has 1 saturated heterocycles. The van der Waals surface area contributed by atoms with E-state index in [1.807, 2.05) is 27.8 Å². The van der Waals surface area contributed by atoms with Crippen molar-refractivity contribution < 1.29 is 14.6 Å². The number of aromatic nitrogens is 1. The molecule has 1 aliphatic rings. The summed E-state index contributed by atoms with van der Waals surface area (Å²) in [5.74, 6) is 0.101. The van der Waals surface area contributed by atoms with Gasteiger partial charge in [0.25, 0.3) is 5.91 Å². The predicted octanol–water partition coefficient (Wildman–Crippen LogP) is 1.68. The summed E-state index contributed by atoms with van der Waals surface area (Å²) in [6.45, 7) is 6.03. The fourth-order valence-electron chi connectivity index (χ4n) is 2.63. The number of amides is 1. The zero-order valence-electron chi connectivity index (χ0n) is 12.3. The first kappa shape index (κ1) is 15.1. The molecule has 5 nitrogen and oxygen atoms in total. The molecule has 1 N–H and O–H groups in total. The fraction of sp³-hybridized carbons (Fsp3) is 0.667. The van der Waals surface area contributed by atoms with Gasteiger partial charge in [-0.25, -0.2) is 0 Å². The Morgan fingerprint density at radius 2 is 2.15 bits per heavy atom. The van der Waals surface area contributed by atoms with Crippen molar-refractivity contribution in [1.29, 1.82) is 0 Å². The maximum atomic E-state index is 12.5. The van der Waals surface area contributed by atoms with Gasteiger partial charge in [0, 0.05) is 25.3 Å². The van der Waals surface area contributed by atoms with Gasteiger partial charge in [-0.05, 0) is 38.8 Å². The first-order valence-corrected chi connectivity index (χ1v) is 7.32. The lowest BCUT2D eigenvalue weighted by Crippen LogP contribution is -2.41. The molecule has 0 bridgehead atoms. The van der Waals surface area contributed by atoms with Gasteiger partial charge in [-0.2, -0.15) is 0 Å². The molecule has 2 heterocycles. The molecule has 1 aliphatic heterocycles. The smallest absolute Gasteiger partial charge is 0.270 e. The molecule has 1 amide bonds. The van der Waals surface area contributed by atoms with Gasteiger partial charge < -0.3 is 19.3 Å². The monoisotopic (exact) mass is 280 g/mol. The number of likely N-dealkylation sites (tertiary alicyclic amines) is 1. The minimum absolute atomic E-state index is 0.0566. The average molecular weight is 280 g/mol. The molecule has 0 spiro atoms. The van der Waals surface area contributed by atoms with Crippen molar-refractivity contribution in [3.63, 3.8) is 0 Å². The van der Waals surface area contributed by atoms with E-state index in [4.69, 9.17) is 9.84 Å². The molecule has 20 heavy (non-hydrogen) atoms. The zero-order valence-corrected chi connectivity index (χ0v) is 12.3. The van der Waals surface area contributed by atoms with E-state index >= 15 is 0 Å². The van der Waals surface area contributed by atoms with E-state index in [2.05, 4.69) is 13.8 Å². The Balaban J connectivity index is 1.93. The highest BCUT2D eigenvalue weighted by Gasteiger charge is 2.25. The van der Waals surface area contributed by atoms with Crippen LogP contribution in [0.4, 0.5) is 0 Å². The standard InChI is InChI=1S/C15H24N2O3/c1-12(2)17-7-3-4-14(17)15(19)16-8-5-13(6-9-16)20-11-10-18/h3-4,7,12-13,18H,5-6,8-11H2,1-2H3. The Kier molecular flexibility index (Phi) is 5.20. The van der Waals surface area contributed by atoms with Crippen molar-refractivity contribution in [2.45, 2.75) is 38.8 Å². The van der Waals surface area contributed by atoms with Gasteiger partial charge in [-0.1, -0.05) is 0 Å². The maximum absolute atomic E-state index is 12.5.